The Kier molecular flexibility index (Phi) is 7.00. The molecule has 1 aliphatic rings. The summed E-state index contributed by atoms with van der Waals surface area (Å²) in [7, 11) is 0. The fourth-order valence-electron chi connectivity index (χ4n) is 3.68. The van der Waals surface area contributed by atoms with Gasteiger partial charge in [0, 0.05) is 31.4 Å². The summed E-state index contributed by atoms with van der Waals surface area (Å²) in [6.07, 6.45) is 1.05. The van der Waals surface area contributed by atoms with Crippen LogP contribution in [0.15, 0.2) is 54.6 Å². The summed E-state index contributed by atoms with van der Waals surface area (Å²) in [5.41, 5.74) is 1.38. The van der Waals surface area contributed by atoms with Crippen LogP contribution >= 0.6 is 0 Å². The van der Waals surface area contributed by atoms with Crippen molar-refractivity contribution in [3.05, 3.63) is 64.7 Å². The molecule has 0 saturated carbocycles. The van der Waals surface area contributed by atoms with E-state index in [1.165, 1.54) is 6.07 Å². The SMILES string of the molecule is CCN(C(=O)COC(=O)C1CCN(c2ccccc2[N+](=O)[O-])CC1)c1ccccc1. The molecule has 3 rings (SSSR count). The number of hydrogen-bond donors (Lipinski definition) is 0. The van der Waals surface area contributed by atoms with Crippen molar-refractivity contribution in [1.29, 1.82) is 0 Å². The van der Waals surface area contributed by atoms with E-state index in [1.807, 2.05) is 42.2 Å². The van der Waals surface area contributed by atoms with Gasteiger partial charge in [0.2, 0.25) is 0 Å². The number of hydrogen-bond acceptors (Lipinski definition) is 6. The lowest BCUT2D eigenvalue weighted by atomic mass is 9.96. The number of esters is 1. The Morgan fingerprint density at radius 2 is 1.73 bits per heavy atom. The van der Waals surface area contributed by atoms with E-state index in [-0.39, 0.29) is 24.1 Å². The van der Waals surface area contributed by atoms with Crippen LogP contribution in [0, 0.1) is 16.0 Å². The first-order valence-corrected chi connectivity index (χ1v) is 10.0. The number of para-hydroxylation sites is 3. The summed E-state index contributed by atoms with van der Waals surface area (Å²) >= 11 is 0. The van der Waals surface area contributed by atoms with Gasteiger partial charge < -0.3 is 14.5 Å². The highest BCUT2D eigenvalue weighted by molar-refractivity contribution is 5.95. The summed E-state index contributed by atoms with van der Waals surface area (Å²) in [5.74, 6) is -0.979. The van der Waals surface area contributed by atoms with Crippen molar-refractivity contribution in [3.8, 4) is 0 Å². The van der Waals surface area contributed by atoms with Gasteiger partial charge in [-0.3, -0.25) is 19.7 Å². The summed E-state index contributed by atoms with van der Waals surface area (Å²) in [5, 5.41) is 11.2. The highest BCUT2D eigenvalue weighted by Gasteiger charge is 2.29. The molecule has 0 spiro atoms. The van der Waals surface area contributed by atoms with E-state index in [0.717, 1.165) is 5.69 Å². The molecule has 0 aliphatic carbocycles. The third kappa shape index (κ3) is 4.94. The standard InChI is InChI=1S/C22H25N3O5/c1-2-24(18-8-4-3-5-9-18)21(26)16-30-22(27)17-12-14-23(15-13-17)19-10-6-7-11-20(19)25(28)29/h3-11,17H,2,12-16H2,1H3. The first kappa shape index (κ1) is 21.3. The zero-order valence-corrected chi connectivity index (χ0v) is 16.9. The molecule has 1 saturated heterocycles. The predicted molar refractivity (Wildman–Crippen MR) is 113 cm³/mol. The van der Waals surface area contributed by atoms with Crippen molar-refractivity contribution < 1.29 is 19.2 Å². The van der Waals surface area contributed by atoms with Crippen molar-refractivity contribution in [3.63, 3.8) is 0 Å². The van der Waals surface area contributed by atoms with Gasteiger partial charge in [0.05, 0.1) is 10.8 Å². The quantitative estimate of drug-likeness (QED) is 0.394. The van der Waals surface area contributed by atoms with Crippen molar-refractivity contribution in [2.45, 2.75) is 19.8 Å². The molecule has 158 valence electrons. The molecule has 0 radical (unpaired) electrons. The summed E-state index contributed by atoms with van der Waals surface area (Å²) in [4.78, 5) is 39.3. The van der Waals surface area contributed by atoms with E-state index in [2.05, 4.69) is 0 Å². The van der Waals surface area contributed by atoms with Crippen molar-refractivity contribution in [2.24, 2.45) is 5.92 Å². The van der Waals surface area contributed by atoms with Crippen molar-refractivity contribution in [2.75, 3.05) is 36.0 Å². The van der Waals surface area contributed by atoms with Crippen molar-refractivity contribution >= 4 is 28.9 Å². The average Bonchev–Trinajstić information content (AvgIpc) is 2.78. The lowest BCUT2D eigenvalue weighted by Crippen LogP contribution is -2.39. The smallest absolute Gasteiger partial charge is 0.309 e. The molecule has 2 aromatic carbocycles. The molecule has 1 fully saturated rings. The molecule has 2 aromatic rings. The second kappa shape index (κ2) is 9.87. The number of amides is 1. The summed E-state index contributed by atoms with van der Waals surface area (Å²) in [6.45, 7) is 3.08. The Morgan fingerprint density at radius 1 is 1.10 bits per heavy atom. The van der Waals surface area contributed by atoms with Crippen LogP contribution in [0.2, 0.25) is 0 Å². The van der Waals surface area contributed by atoms with E-state index >= 15 is 0 Å². The number of nitro groups is 1. The fraction of sp³-hybridized carbons (Fsp3) is 0.364. The Morgan fingerprint density at radius 3 is 2.37 bits per heavy atom. The summed E-state index contributed by atoms with van der Waals surface area (Å²) in [6, 6.07) is 15.8. The van der Waals surface area contributed by atoms with Gasteiger partial charge in [-0.15, -0.1) is 0 Å². The Bertz CT molecular complexity index is 895. The minimum atomic E-state index is -0.395. The number of carbonyl (C=O) groups is 2. The molecule has 0 bridgehead atoms. The molecule has 0 unspecified atom stereocenters. The molecule has 0 N–H and O–H groups in total. The number of ether oxygens (including phenoxy) is 1. The number of piperidine rings is 1. The first-order chi connectivity index (χ1) is 14.5. The average molecular weight is 411 g/mol. The largest absolute Gasteiger partial charge is 0.455 e. The van der Waals surface area contributed by atoms with Gasteiger partial charge in [-0.1, -0.05) is 30.3 Å². The van der Waals surface area contributed by atoms with Crippen LogP contribution in [-0.4, -0.2) is 43.0 Å². The van der Waals surface area contributed by atoms with Crippen LogP contribution in [0.4, 0.5) is 17.1 Å². The van der Waals surface area contributed by atoms with E-state index in [1.54, 1.807) is 23.1 Å². The second-order valence-corrected chi connectivity index (χ2v) is 7.09. The van der Waals surface area contributed by atoms with E-state index in [0.29, 0.717) is 38.2 Å². The third-order valence-electron chi connectivity index (χ3n) is 5.27. The predicted octanol–water partition coefficient (Wildman–Crippen LogP) is 3.41. The van der Waals surface area contributed by atoms with Crippen LogP contribution in [0.5, 0.6) is 0 Å². The zero-order chi connectivity index (χ0) is 21.5. The number of rotatable bonds is 7. The van der Waals surface area contributed by atoms with Gasteiger partial charge in [-0.2, -0.15) is 0 Å². The Hall–Kier alpha value is -3.42. The normalized spacial score (nSPS) is 14.2. The maximum absolute atomic E-state index is 12.5. The Labute approximate surface area is 175 Å². The number of carbonyl (C=O) groups excluding carboxylic acids is 2. The second-order valence-electron chi connectivity index (χ2n) is 7.09. The molecule has 1 aliphatic heterocycles. The first-order valence-electron chi connectivity index (χ1n) is 10.0. The van der Waals surface area contributed by atoms with Gasteiger partial charge >= 0.3 is 5.97 Å². The number of likely N-dealkylation sites (N-methyl/N-ethyl adjacent to an activating group) is 1. The monoisotopic (exact) mass is 411 g/mol. The maximum atomic E-state index is 12.5. The van der Waals surface area contributed by atoms with E-state index in [9.17, 15) is 19.7 Å². The minimum Gasteiger partial charge on any atom is -0.455 e. The summed E-state index contributed by atoms with van der Waals surface area (Å²) < 4.78 is 5.29. The van der Waals surface area contributed by atoms with Gasteiger partial charge in [0.15, 0.2) is 6.61 Å². The van der Waals surface area contributed by atoms with Crippen LogP contribution in [0.3, 0.4) is 0 Å². The van der Waals surface area contributed by atoms with Crippen LogP contribution in [0.1, 0.15) is 19.8 Å². The molecule has 0 atom stereocenters. The molecule has 0 aromatic heterocycles. The Balaban J connectivity index is 1.52. The molecular formula is C22H25N3O5. The highest BCUT2D eigenvalue weighted by Crippen LogP contribution is 2.31. The van der Waals surface area contributed by atoms with Gasteiger partial charge in [0.25, 0.3) is 11.6 Å². The van der Waals surface area contributed by atoms with Crippen LogP contribution in [0.25, 0.3) is 0 Å². The lowest BCUT2D eigenvalue weighted by molar-refractivity contribution is -0.384. The number of anilines is 2. The minimum absolute atomic E-state index is 0.0599. The molecule has 1 heterocycles. The molecule has 8 heteroatoms. The van der Waals surface area contributed by atoms with Crippen LogP contribution < -0.4 is 9.80 Å². The van der Waals surface area contributed by atoms with Crippen molar-refractivity contribution in [1.82, 2.24) is 0 Å². The van der Waals surface area contributed by atoms with E-state index in [4.69, 9.17) is 4.74 Å². The molecule has 8 nitrogen and oxygen atoms in total. The highest BCUT2D eigenvalue weighted by atomic mass is 16.6. The van der Waals surface area contributed by atoms with Gasteiger partial charge in [-0.05, 0) is 38.0 Å². The third-order valence-corrected chi connectivity index (χ3v) is 5.27. The fourth-order valence-corrected chi connectivity index (χ4v) is 3.68. The van der Waals surface area contributed by atoms with E-state index < -0.39 is 10.9 Å². The molecular weight excluding hydrogens is 386 g/mol. The maximum Gasteiger partial charge on any atom is 0.309 e. The molecule has 1 amide bonds. The van der Waals surface area contributed by atoms with Gasteiger partial charge in [-0.25, -0.2) is 0 Å². The van der Waals surface area contributed by atoms with Gasteiger partial charge in [0.1, 0.15) is 5.69 Å². The van der Waals surface area contributed by atoms with Crippen LogP contribution in [-0.2, 0) is 14.3 Å². The zero-order valence-electron chi connectivity index (χ0n) is 16.9. The number of nitrogens with zero attached hydrogens (tertiary/aromatic N) is 3. The number of benzene rings is 2. The lowest BCUT2D eigenvalue weighted by Gasteiger charge is -2.32. The molecule has 30 heavy (non-hydrogen) atoms. The topological polar surface area (TPSA) is 93.0 Å². The number of nitro benzene ring substituents is 1.